The maximum absolute atomic E-state index is 8.08. The molecule has 3 nitrogen and oxygen atoms in total. The highest BCUT2D eigenvalue weighted by atomic mass is 127. The van der Waals surface area contributed by atoms with Crippen molar-refractivity contribution in [2.45, 2.75) is 27.3 Å². The number of amidine groups is 1. The van der Waals surface area contributed by atoms with Crippen molar-refractivity contribution in [3.05, 3.63) is 45.7 Å². The minimum atomic E-state index is 0.137. The molecule has 1 rings (SSSR count). The minimum Gasteiger partial charge on any atom is -0.404 e. The molecule has 1 aromatic carbocycles. The number of nitrogens with one attached hydrogen (secondary N) is 1. The first-order valence-electron chi connectivity index (χ1n) is 6.28. The summed E-state index contributed by atoms with van der Waals surface area (Å²) >= 11 is 2.30. The summed E-state index contributed by atoms with van der Waals surface area (Å²) in [5, 5.41) is 8.08. The number of hydrogen-bond acceptors (Lipinski definition) is 2. The Morgan fingerprint density at radius 2 is 1.89 bits per heavy atom. The molecule has 0 saturated carbocycles. The van der Waals surface area contributed by atoms with Crippen LogP contribution >= 0.6 is 22.6 Å². The van der Waals surface area contributed by atoms with Crippen molar-refractivity contribution in [1.82, 2.24) is 4.90 Å². The van der Waals surface area contributed by atoms with Crippen LogP contribution in [0.5, 0.6) is 0 Å². The molecule has 3 N–H and O–H groups in total. The van der Waals surface area contributed by atoms with Crippen LogP contribution < -0.4 is 5.73 Å². The molecule has 0 saturated heterocycles. The van der Waals surface area contributed by atoms with Gasteiger partial charge in [-0.3, -0.25) is 5.41 Å². The first-order chi connectivity index (χ1) is 8.81. The van der Waals surface area contributed by atoms with E-state index in [0.717, 1.165) is 13.1 Å². The Morgan fingerprint density at radius 1 is 1.32 bits per heavy atom. The molecule has 0 aliphatic heterocycles. The Balaban J connectivity index is 2.84. The molecule has 0 spiro atoms. The number of benzene rings is 1. The fraction of sp³-hybridized carbons (Fsp3) is 0.400. The smallest absolute Gasteiger partial charge is 0.122 e. The second kappa shape index (κ2) is 6.93. The first-order valence-corrected chi connectivity index (χ1v) is 7.36. The van der Waals surface area contributed by atoms with Crippen molar-refractivity contribution in [2.24, 2.45) is 11.1 Å². The molecule has 0 bridgehead atoms. The number of nitrogens with zero attached hydrogens (tertiary/aromatic N) is 1. The Morgan fingerprint density at radius 3 is 2.37 bits per heavy atom. The maximum atomic E-state index is 8.08. The van der Waals surface area contributed by atoms with Gasteiger partial charge in [0.15, 0.2) is 0 Å². The minimum absolute atomic E-state index is 0.137. The monoisotopic (exact) mass is 371 g/mol. The van der Waals surface area contributed by atoms with Gasteiger partial charge in [0.1, 0.15) is 5.84 Å². The summed E-state index contributed by atoms with van der Waals surface area (Å²) in [6, 6.07) is 8.40. The molecule has 0 fully saturated rings. The van der Waals surface area contributed by atoms with Crippen molar-refractivity contribution in [2.75, 3.05) is 6.54 Å². The molecule has 0 atom stereocenters. The van der Waals surface area contributed by atoms with E-state index in [2.05, 4.69) is 67.6 Å². The molecule has 0 amide bonds. The second-order valence-electron chi connectivity index (χ2n) is 5.79. The lowest BCUT2D eigenvalue weighted by atomic mass is 9.95. The maximum Gasteiger partial charge on any atom is 0.122 e. The number of halogens is 1. The van der Waals surface area contributed by atoms with Crippen LogP contribution in [0.2, 0.25) is 0 Å². The van der Waals surface area contributed by atoms with Crippen LogP contribution in [0, 0.1) is 14.4 Å². The summed E-state index contributed by atoms with van der Waals surface area (Å²) in [5.74, 6) is 0.455. The van der Waals surface area contributed by atoms with Gasteiger partial charge in [-0.25, -0.2) is 0 Å². The zero-order chi connectivity index (χ0) is 14.5. The molecule has 0 aromatic heterocycles. The van der Waals surface area contributed by atoms with Gasteiger partial charge in [-0.2, -0.15) is 0 Å². The topological polar surface area (TPSA) is 53.1 Å². The number of rotatable bonds is 4. The van der Waals surface area contributed by atoms with E-state index in [1.54, 1.807) is 6.08 Å². The van der Waals surface area contributed by atoms with Crippen molar-refractivity contribution in [1.29, 1.82) is 5.41 Å². The lowest BCUT2D eigenvalue weighted by molar-refractivity contribution is 0.269. The van der Waals surface area contributed by atoms with Gasteiger partial charge in [0.2, 0.25) is 0 Å². The quantitative estimate of drug-likeness (QED) is 0.483. The van der Waals surface area contributed by atoms with Gasteiger partial charge in [-0.05, 0) is 58.0 Å². The van der Waals surface area contributed by atoms with E-state index in [1.165, 1.54) is 15.3 Å². The lowest BCUT2D eigenvalue weighted by Crippen LogP contribution is -2.36. The highest BCUT2D eigenvalue weighted by Crippen LogP contribution is 2.18. The third-order valence-electron chi connectivity index (χ3n) is 2.55. The van der Waals surface area contributed by atoms with Crippen LogP contribution in [0.1, 0.15) is 26.3 Å². The van der Waals surface area contributed by atoms with Gasteiger partial charge < -0.3 is 10.6 Å². The van der Waals surface area contributed by atoms with E-state index in [4.69, 9.17) is 11.1 Å². The highest BCUT2D eigenvalue weighted by Gasteiger charge is 2.17. The van der Waals surface area contributed by atoms with Crippen LogP contribution in [0.15, 0.2) is 36.5 Å². The van der Waals surface area contributed by atoms with E-state index in [1.807, 2.05) is 4.90 Å². The van der Waals surface area contributed by atoms with Crippen LogP contribution in [-0.4, -0.2) is 17.3 Å². The summed E-state index contributed by atoms with van der Waals surface area (Å²) in [7, 11) is 0. The zero-order valence-electron chi connectivity index (χ0n) is 11.8. The largest absolute Gasteiger partial charge is 0.404 e. The van der Waals surface area contributed by atoms with Gasteiger partial charge in [0.05, 0.1) is 0 Å². The summed E-state index contributed by atoms with van der Waals surface area (Å²) < 4.78 is 1.22. The van der Waals surface area contributed by atoms with Gasteiger partial charge in [-0.1, -0.05) is 32.9 Å². The molecule has 0 aliphatic rings. The summed E-state index contributed by atoms with van der Waals surface area (Å²) in [5.41, 5.74) is 6.74. The molecule has 0 aliphatic carbocycles. The van der Waals surface area contributed by atoms with Gasteiger partial charge in [0, 0.05) is 16.7 Å². The average Bonchev–Trinajstić information content (AvgIpc) is 2.30. The molecule has 19 heavy (non-hydrogen) atoms. The van der Waals surface area contributed by atoms with E-state index in [9.17, 15) is 0 Å². The van der Waals surface area contributed by atoms with E-state index in [0.29, 0.717) is 5.84 Å². The normalized spacial score (nSPS) is 11.8. The predicted molar refractivity (Wildman–Crippen MR) is 90.1 cm³/mol. The zero-order valence-corrected chi connectivity index (χ0v) is 13.9. The van der Waals surface area contributed by atoms with Crippen LogP contribution in [0.25, 0.3) is 0 Å². The average molecular weight is 371 g/mol. The van der Waals surface area contributed by atoms with Crippen molar-refractivity contribution >= 4 is 28.4 Å². The molecule has 4 heteroatoms. The lowest BCUT2D eigenvalue weighted by Gasteiger charge is -2.31. The molecule has 0 radical (unpaired) electrons. The summed E-state index contributed by atoms with van der Waals surface area (Å²) in [6.07, 6.45) is 3.06. The van der Waals surface area contributed by atoms with Gasteiger partial charge in [0.25, 0.3) is 0 Å². The second-order valence-corrected chi connectivity index (χ2v) is 7.03. The number of hydrogen-bond donors (Lipinski definition) is 2. The van der Waals surface area contributed by atoms with Crippen molar-refractivity contribution in [3.63, 3.8) is 0 Å². The highest BCUT2D eigenvalue weighted by molar-refractivity contribution is 14.1. The van der Waals surface area contributed by atoms with Crippen LogP contribution in [-0.2, 0) is 6.54 Å². The Bertz CT molecular complexity index is 443. The predicted octanol–water partition coefficient (Wildman–Crippen LogP) is 3.59. The van der Waals surface area contributed by atoms with E-state index >= 15 is 0 Å². The Hall–Kier alpha value is -1.04. The molecule has 104 valence electrons. The molecule has 0 heterocycles. The number of nitrogens with two attached hydrogens (primary N) is 1. The van der Waals surface area contributed by atoms with Crippen LogP contribution in [0.4, 0.5) is 0 Å². The van der Waals surface area contributed by atoms with Gasteiger partial charge >= 0.3 is 0 Å². The van der Waals surface area contributed by atoms with E-state index in [-0.39, 0.29) is 5.41 Å². The molecule has 1 aromatic rings. The van der Waals surface area contributed by atoms with Crippen molar-refractivity contribution in [3.8, 4) is 0 Å². The fourth-order valence-electron chi connectivity index (χ4n) is 1.81. The SMILES string of the molecule is CC(C)(C)CN(Cc1ccc(I)cc1)C(=N)/C=C\N. The molecule has 0 unspecified atom stereocenters. The fourth-order valence-corrected chi connectivity index (χ4v) is 2.17. The van der Waals surface area contributed by atoms with Crippen LogP contribution in [0.3, 0.4) is 0 Å². The van der Waals surface area contributed by atoms with Gasteiger partial charge in [-0.15, -0.1) is 0 Å². The Labute approximate surface area is 129 Å². The Kier molecular flexibility index (Phi) is 5.85. The van der Waals surface area contributed by atoms with E-state index < -0.39 is 0 Å². The third-order valence-corrected chi connectivity index (χ3v) is 3.27. The van der Waals surface area contributed by atoms with Crippen molar-refractivity contribution < 1.29 is 0 Å². The molecular weight excluding hydrogens is 349 g/mol. The summed E-state index contributed by atoms with van der Waals surface area (Å²) in [4.78, 5) is 2.05. The standard InChI is InChI=1S/C15H22IN3/c1-15(2,3)11-19(14(18)8-9-17)10-12-4-6-13(16)7-5-12/h4-9,18H,10-11,17H2,1-3H3/b9-8-,18-14?. The first kappa shape index (κ1) is 16.0. The molecular formula is C15H22IN3. The third kappa shape index (κ3) is 6.09. The summed E-state index contributed by atoms with van der Waals surface area (Å²) in [6.45, 7) is 8.08.